The molecule has 0 radical (unpaired) electrons. The van der Waals surface area contributed by atoms with E-state index >= 15 is 0 Å². The number of rotatable bonds is 2. The Balaban J connectivity index is 2.74. The average molecular weight is 156 g/mol. The fourth-order valence-corrected chi connectivity index (χ4v) is 1.71. The van der Waals surface area contributed by atoms with Crippen molar-refractivity contribution in [3.8, 4) is 0 Å². The van der Waals surface area contributed by atoms with Gasteiger partial charge in [0.1, 0.15) is 11.4 Å². The Morgan fingerprint density at radius 1 is 1.45 bits per heavy atom. The predicted molar refractivity (Wildman–Crippen MR) is 45.8 cm³/mol. The molecule has 0 aromatic rings. The van der Waals surface area contributed by atoms with Gasteiger partial charge >= 0.3 is 0 Å². The molecule has 1 rings (SSSR count). The number of methoxy groups -OCH3 is 1. The normalized spacial score (nSPS) is 24.0. The van der Waals surface area contributed by atoms with E-state index in [-0.39, 0.29) is 5.60 Å². The quantitative estimate of drug-likeness (QED) is 0.477. The number of amidine groups is 1. The van der Waals surface area contributed by atoms with Crippen LogP contribution < -0.4 is 5.73 Å². The van der Waals surface area contributed by atoms with Crippen molar-refractivity contribution < 1.29 is 4.74 Å². The van der Waals surface area contributed by atoms with E-state index < -0.39 is 0 Å². The molecule has 0 heterocycles. The van der Waals surface area contributed by atoms with Crippen LogP contribution in [0.25, 0.3) is 0 Å². The molecule has 0 aromatic carbocycles. The van der Waals surface area contributed by atoms with Gasteiger partial charge in [0.15, 0.2) is 0 Å². The first-order valence-electron chi connectivity index (χ1n) is 4.03. The Hall–Kier alpha value is -0.570. The molecule has 2 N–H and O–H groups in total. The minimum Gasteiger partial charge on any atom is -0.385 e. The van der Waals surface area contributed by atoms with Crippen LogP contribution in [0.1, 0.15) is 25.7 Å². The molecule has 0 amide bonds. The standard InChI is InChI=1S/C8H16N2O/c1-10-7(9)8(11-2)5-3-4-6-8/h3-6H2,1-2H3,(H2,9,10). The monoisotopic (exact) mass is 156 g/mol. The molecular weight excluding hydrogens is 140 g/mol. The molecule has 3 heteroatoms. The summed E-state index contributed by atoms with van der Waals surface area (Å²) >= 11 is 0. The number of hydrogen-bond donors (Lipinski definition) is 1. The van der Waals surface area contributed by atoms with Crippen LogP contribution in [0, 0.1) is 0 Å². The third-order valence-electron chi connectivity index (χ3n) is 2.51. The van der Waals surface area contributed by atoms with Crippen LogP contribution in [0.2, 0.25) is 0 Å². The summed E-state index contributed by atoms with van der Waals surface area (Å²) in [5, 5.41) is 0. The van der Waals surface area contributed by atoms with Crippen LogP contribution in [0.3, 0.4) is 0 Å². The Morgan fingerprint density at radius 3 is 2.36 bits per heavy atom. The van der Waals surface area contributed by atoms with Crippen molar-refractivity contribution in [3.05, 3.63) is 0 Å². The lowest BCUT2D eigenvalue weighted by Crippen LogP contribution is -2.43. The lowest BCUT2D eigenvalue weighted by atomic mass is 10.0. The highest BCUT2D eigenvalue weighted by Gasteiger charge is 2.37. The molecule has 0 aliphatic heterocycles. The molecule has 3 nitrogen and oxygen atoms in total. The Bertz CT molecular complexity index is 159. The van der Waals surface area contributed by atoms with E-state index in [9.17, 15) is 0 Å². The summed E-state index contributed by atoms with van der Waals surface area (Å²) in [5.74, 6) is 0.650. The largest absolute Gasteiger partial charge is 0.385 e. The number of hydrogen-bond acceptors (Lipinski definition) is 2. The van der Waals surface area contributed by atoms with E-state index in [2.05, 4.69) is 4.99 Å². The van der Waals surface area contributed by atoms with Crippen molar-refractivity contribution >= 4 is 5.84 Å². The van der Waals surface area contributed by atoms with Gasteiger partial charge in [0.2, 0.25) is 0 Å². The van der Waals surface area contributed by atoms with E-state index in [1.165, 1.54) is 12.8 Å². The maximum absolute atomic E-state index is 5.75. The lowest BCUT2D eigenvalue weighted by Gasteiger charge is -2.26. The zero-order valence-electron chi connectivity index (χ0n) is 7.26. The predicted octanol–water partition coefficient (Wildman–Crippen LogP) is 0.933. The highest BCUT2D eigenvalue weighted by Crippen LogP contribution is 2.32. The number of ether oxygens (including phenoxy) is 1. The van der Waals surface area contributed by atoms with Crippen molar-refractivity contribution in [1.29, 1.82) is 0 Å². The van der Waals surface area contributed by atoms with E-state index in [0.29, 0.717) is 5.84 Å². The second-order valence-electron chi connectivity index (χ2n) is 3.01. The smallest absolute Gasteiger partial charge is 0.126 e. The maximum atomic E-state index is 5.75. The second kappa shape index (κ2) is 3.22. The van der Waals surface area contributed by atoms with Gasteiger partial charge in [-0.15, -0.1) is 0 Å². The summed E-state index contributed by atoms with van der Waals surface area (Å²) in [7, 11) is 3.43. The zero-order valence-corrected chi connectivity index (χ0v) is 7.26. The Labute approximate surface area is 67.6 Å². The molecule has 11 heavy (non-hydrogen) atoms. The Kier molecular flexibility index (Phi) is 2.49. The summed E-state index contributed by atoms with van der Waals surface area (Å²) in [5.41, 5.74) is 5.52. The van der Waals surface area contributed by atoms with Crippen LogP contribution in [0.5, 0.6) is 0 Å². The molecule has 0 aromatic heterocycles. The van der Waals surface area contributed by atoms with Gasteiger partial charge in [-0.1, -0.05) is 0 Å². The van der Waals surface area contributed by atoms with Gasteiger partial charge in [-0.2, -0.15) is 0 Å². The molecule has 1 saturated carbocycles. The van der Waals surface area contributed by atoms with Crippen molar-refractivity contribution in [3.63, 3.8) is 0 Å². The van der Waals surface area contributed by atoms with Crippen LogP contribution >= 0.6 is 0 Å². The minimum atomic E-state index is -0.227. The molecule has 0 bridgehead atoms. The zero-order chi connectivity index (χ0) is 8.32. The van der Waals surface area contributed by atoms with E-state index in [4.69, 9.17) is 10.5 Å². The first kappa shape index (κ1) is 8.53. The fraction of sp³-hybridized carbons (Fsp3) is 0.875. The first-order chi connectivity index (χ1) is 5.25. The van der Waals surface area contributed by atoms with Crippen molar-refractivity contribution in [2.75, 3.05) is 14.2 Å². The third-order valence-corrected chi connectivity index (χ3v) is 2.51. The molecule has 0 atom stereocenters. The molecule has 0 unspecified atom stereocenters. The topological polar surface area (TPSA) is 47.6 Å². The summed E-state index contributed by atoms with van der Waals surface area (Å²) in [4.78, 5) is 3.98. The second-order valence-corrected chi connectivity index (χ2v) is 3.01. The number of nitrogens with two attached hydrogens (primary N) is 1. The van der Waals surface area contributed by atoms with E-state index in [0.717, 1.165) is 12.8 Å². The van der Waals surface area contributed by atoms with Gasteiger partial charge in [-0.05, 0) is 25.7 Å². The van der Waals surface area contributed by atoms with Crippen LogP contribution in [-0.4, -0.2) is 25.6 Å². The molecule has 0 saturated heterocycles. The highest BCUT2D eigenvalue weighted by molar-refractivity contribution is 5.89. The highest BCUT2D eigenvalue weighted by atomic mass is 16.5. The Morgan fingerprint density at radius 2 is 2.00 bits per heavy atom. The summed E-state index contributed by atoms with van der Waals surface area (Å²) in [6.45, 7) is 0. The minimum absolute atomic E-state index is 0.227. The lowest BCUT2D eigenvalue weighted by molar-refractivity contribution is 0.0552. The van der Waals surface area contributed by atoms with Crippen molar-refractivity contribution in [1.82, 2.24) is 0 Å². The SMILES string of the molecule is CN=C(N)C1(OC)CCCC1. The fourth-order valence-electron chi connectivity index (χ4n) is 1.71. The van der Waals surface area contributed by atoms with Crippen molar-refractivity contribution in [2.24, 2.45) is 10.7 Å². The maximum Gasteiger partial charge on any atom is 0.126 e. The third kappa shape index (κ3) is 1.38. The van der Waals surface area contributed by atoms with Gasteiger partial charge in [0, 0.05) is 14.2 Å². The van der Waals surface area contributed by atoms with Gasteiger partial charge in [0.25, 0.3) is 0 Å². The van der Waals surface area contributed by atoms with E-state index in [1.54, 1.807) is 14.2 Å². The average Bonchev–Trinajstić information content (AvgIpc) is 2.52. The first-order valence-corrected chi connectivity index (χ1v) is 4.03. The molecule has 1 fully saturated rings. The van der Waals surface area contributed by atoms with Gasteiger partial charge < -0.3 is 10.5 Å². The number of nitrogens with zero attached hydrogens (tertiary/aromatic N) is 1. The summed E-state index contributed by atoms with van der Waals surface area (Å²) in [6.07, 6.45) is 4.44. The summed E-state index contributed by atoms with van der Waals surface area (Å²) in [6, 6.07) is 0. The van der Waals surface area contributed by atoms with Crippen LogP contribution in [-0.2, 0) is 4.74 Å². The molecule has 1 aliphatic rings. The molecular formula is C8H16N2O. The van der Waals surface area contributed by atoms with Crippen LogP contribution in [0.4, 0.5) is 0 Å². The van der Waals surface area contributed by atoms with Crippen molar-refractivity contribution in [2.45, 2.75) is 31.3 Å². The molecule has 0 spiro atoms. The van der Waals surface area contributed by atoms with Gasteiger partial charge in [0.05, 0.1) is 0 Å². The van der Waals surface area contributed by atoms with E-state index in [1.807, 2.05) is 0 Å². The number of aliphatic imine (C=N–C) groups is 1. The summed E-state index contributed by atoms with van der Waals surface area (Å²) < 4.78 is 5.40. The molecule has 1 aliphatic carbocycles. The molecule has 64 valence electrons. The van der Waals surface area contributed by atoms with Gasteiger partial charge in [-0.3, -0.25) is 4.99 Å². The van der Waals surface area contributed by atoms with Crippen LogP contribution in [0.15, 0.2) is 4.99 Å². The van der Waals surface area contributed by atoms with Gasteiger partial charge in [-0.25, -0.2) is 0 Å².